The third-order valence-electron chi connectivity index (χ3n) is 5.00. The smallest absolute Gasteiger partial charge is 0.335 e. The zero-order valence-electron chi connectivity index (χ0n) is 17.9. The molecular weight excluding hydrogens is 442 g/mol. The summed E-state index contributed by atoms with van der Waals surface area (Å²) in [6, 6.07) is 22.0. The van der Waals surface area contributed by atoms with Crippen LogP contribution < -0.4 is 4.74 Å². The molecule has 4 aromatic rings. The number of aromatic nitrogens is 1. The van der Waals surface area contributed by atoms with Gasteiger partial charge < -0.3 is 14.3 Å². The lowest BCUT2D eigenvalue weighted by molar-refractivity contribution is 0.0696. The van der Waals surface area contributed by atoms with Crippen molar-refractivity contribution in [2.24, 2.45) is 0 Å². The molecule has 168 valence electrons. The molecule has 0 saturated carbocycles. The number of aromatic carboxylic acids is 1. The monoisotopic (exact) mass is 463 g/mol. The fourth-order valence-electron chi connectivity index (χ4n) is 3.28. The van der Waals surface area contributed by atoms with Gasteiger partial charge in [0, 0.05) is 17.4 Å². The average Bonchev–Trinajstić information content (AvgIpc) is 3.25. The standard InChI is InChI=1S/C25H21NO6S/c1-16(31-20-12-8-19(9-13-20)25(27)28)24-26-22(23(32-24)18-6-4-3-5-7-18)17-10-14-21(15-11-17)33(2,29)30/h3-16H,1-2H3,(H,27,28). The van der Waals surface area contributed by atoms with E-state index in [0.29, 0.717) is 28.7 Å². The second-order valence-electron chi connectivity index (χ2n) is 7.48. The summed E-state index contributed by atoms with van der Waals surface area (Å²) in [4.78, 5) is 15.9. The predicted octanol–water partition coefficient (Wildman–Crippen LogP) is 5.25. The number of sulfone groups is 1. The molecule has 0 spiro atoms. The Bertz CT molecular complexity index is 1380. The summed E-state index contributed by atoms with van der Waals surface area (Å²) < 4.78 is 35.6. The van der Waals surface area contributed by atoms with Gasteiger partial charge in [0.15, 0.2) is 21.7 Å². The lowest BCUT2D eigenvalue weighted by Crippen LogP contribution is -2.04. The molecule has 4 rings (SSSR count). The number of ether oxygens (including phenoxy) is 1. The number of hydrogen-bond acceptors (Lipinski definition) is 6. The summed E-state index contributed by atoms with van der Waals surface area (Å²) in [7, 11) is -3.32. The Morgan fingerprint density at radius 1 is 0.939 bits per heavy atom. The fourth-order valence-corrected chi connectivity index (χ4v) is 3.91. The molecule has 0 aliphatic heterocycles. The Hall–Kier alpha value is -3.91. The summed E-state index contributed by atoms with van der Waals surface area (Å²) in [6.45, 7) is 1.78. The number of carbonyl (C=O) groups is 1. The van der Waals surface area contributed by atoms with Crippen molar-refractivity contribution in [1.29, 1.82) is 0 Å². The van der Waals surface area contributed by atoms with Crippen molar-refractivity contribution >= 4 is 15.8 Å². The van der Waals surface area contributed by atoms with Gasteiger partial charge in [0.05, 0.1) is 10.5 Å². The Morgan fingerprint density at radius 3 is 2.15 bits per heavy atom. The molecule has 33 heavy (non-hydrogen) atoms. The molecule has 8 heteroatoms. The lowest BCUT2D eigenvalue weighted by atomic mass is 10.1. The van der Waals surface area contributed by atoms with Crippen LogP contribution in [0.5, 0.6) is 5.75 Å². The zero-order chi connectivity index (χ0) is 23.6. The van der Waals surface area contributed by atoms with Crippen molar-refractivity contribution in [1.82, 2.24) is 4.98 Å². The molecule has 0 fully saturated rings. The van der Waals surface area contributed by atoms with Gasteiger partial charge in [0.25, 0.3) is 0 Å². The highest BCUT2D eigenvalue weighted by Gasteiger charge is 2.22. The minimum absolute atomic E-state index is 0.164. The summed E-state index contributed by atoms with van der Waals surface area (Å²) in [5.41, 5.74) is 2.25. The second-order valence-corrected chi connectivity index (χ2v) is 9.50. The van der Waals surface area contributed by atoms with Gasteiger partial charge in [0.2, 0.25) is 5.89 Å². The third kappa shape index (κ3) is 4.96. The molecule has 0 aliphatic carbocycles. The van der Waals surface area contributed by atoms with Gasteiger partial charge in [-0.2, -0.15) is 0 Å². The van der Waals surface area contributed by atoms with Gasteiger partial charge >= 0.3 is 5.97 Å². The van der Waals surface area contributed by atoms with E-state index in [1.54, 1.807) is 31.2 Å². The lowest BCUT2D eigenvalue weighted by Gasteiger charge is -2.11. The quantitative estimate of drug-likeness (QED) is 0.399. The first-order chi connectivity index (χ1) is 15.7. The van der Waals surface area contributed by atoms with E-state index in [1.807, 2.05) is 30.3 Å². The Morgan fingerprint density at radius 2 is 1.58 bits per heavy atom. The Labute approximate surface area is 191 Å². The minimum atomic E-state index is -3.32. The van der Waals surface area contributed by atoms with Gasteiger partial charge in [-0.05, 0) is 43.3 Å². The first-order valence-corrected chi connectivity index (χ1v) is 12.0. The molecule has 1 N–H and O–H groups in total. The maximum atomic E-state index is 11.8. The van der Waals surface area contributed by atoms with Gasteiger partial charge in [0.1, 0.15) is 11.4 Å². The summed E-state index contributed by atoms with van der Waals surface area (Å²) in [5.74, 6) is 0.333. The molecule has 0 saturated heterocycles. The van der Waals surface area contributed by atoms with Crippen LogP contribution in [0.1, 0.15) is 29.3 Å². The van der Waals surface area contributed by atoms with E-state index >= 15 is 0 Å². The van der Waals surface area contributed by atoms with E-state index in [-0.39, 0.29) is 10.5 Å². The SMILES string of the molecule is CC(Oc1ccc(C(=O)O)cc1)c1nc(-c2ccc(S(C)(=O)=O)cc2)c(-c2ccccc2)o1. The maximum absolute atomic E-state index is 11.8. The highest BCUT2D eigenvalue weighted by Crippen LogP contribution is 2.35. The van der Waals surface area contributed by atoms with Gasteiger partial charge in [-0.15, -0.1) is 0 Å². The molecular formula is C25H21NO6S. The fraction of sp³-hybridized carbons (Fsp3) is 0.120. The van der Waals surface area contributed by atoms with Crippen LogP contribution in [0.25, 0.3) is 22.6 Å². The van der Waals surface area contributed by atoms with Crippen LogP contribution in [-0.2, 0) is 9.84 Å². The van der Waals surface area contributed by atoms with E-state index in [2.05, 4.69) is 4.98 Å². The highest BCUT2D eigenvalue weighted by molar-refractivity contribution is 7.90. The molecule has 0 amide bonds. The molecule has 7 nitrogen and oxygen atoms in total. The summed E-state index contributed by atoms with van der Waals surface area (Å²) in [6.07, 6.45) is 0.598. The molecule has 0 aliphatic rings. The molecule has 0 radical (unpaired) electrons. The maximum Gasteiger partial charge on any atom is 0.335 e. The van der Waals surface area contributed by atoms with Crippen LogP contribution >= 0.6 is 0 Å². The van der Waals surface area contributed by atoms with Gasteiger partial charge in [-0.3, -0.25) is 0 Å². The van der Waals surface area contributed by atoms with Crippen LogP contribution in [0, 0.1) is 0 Å². The summed E-state index contributed by atoms with van der Waals surface area (Å²) >= 11 is 0. The summed E-state index contributed by atoms with van der Waals surface area (Å²) in [5, 5.41) is 9.05. The van der Waals surface area contributed by atoms with Crippen molar-refractivity contribution in [3.05, 3.63) is 90.3 Å². The molecule has 1 heterocycles. The van der Waals surface area contributed by atoms with E-state index < -0.39 is 21.9 Å². The van der Waals surface area contributed by atoms with E-state index in [9.17, 15) is 13.2 Å². The van der Waals surface area contributed by atoms with Crippen molar-refractivity contribution in [3.63, 3.8) is 0 Å². The number of rotatable bonds is 7. The van der Waals surface area contributed by atoms with Crippen LogP contribution in [-0.4, -0.2) is 30.7 Å². The Balaban J connectivity index is 1.70. The topological polar surface area (TPSA) is 107 Å². The predicted molar refractivity (Wildman–Crippen MR) is 123 cm³/mol. The van der Waals surface area contributed by atoms with Gasteiger partial charge in [-0.25, -0.2) is 18.2 Å². The van der Waals surface area contributed by atoms with E-state index in [1.165, 1.54) is 24.3 Å². The first kappa shape index (κ1) is 22.3. The number of carboxylic acid groups (broad SMARTS) is 1. The van der Waals surface area contributed by atoms with Crippen LogP contribution in [0.15, 0.2) is 88.2 Å². The van der Waals surface area contributed by atoms with E-state index in [0.717, 1.165) is 11.8 Å². The highest BCUT2D eigenvalue weighted by atomic mass is 32.2. The van der Waals surface area contributed by atoms with Crippen LogP contribution in [0.3, 0.4) is 0 Å². The molecule has 1 atom stereocenters. The van der Waals surface area contributed by atoms with Crippen LogP contribution in [0.2, 0.25) is 0 Å². The van der Waals surface area contributed by atoms with Crippen LogP contribution in [0.4, 0.5) is 0 Å². The van der Waals surface area contributed by atoms with Crippen molar-refractivity contribution in [3.8, 4) is 28.3 Å². The number of nitrogens with zero attached hydrogens (tertiary/aromatic N) is 1. The Kier molecular flexibility index (Phi) is 6.02. The minimum Gasteiger partial charge on any atom is -0.481 e. The number of carboxylic acids is 1. The third-order valence-corrected chi connectivity index (χ3v) is 6.13. The van der Waals surface area contributed by atoms with E-state index in [4.69, 9.17) is 14.3 Å². The molecule has 3 aromatic carbocycles. The number of benzene rings is 3. The number of hydrogen-bond donors (Lipinski definition) is 1. The molecule has 1 aromatic heterocycles. The second kappa shape index (κ2) is 8.91. The van der Waals surface area contributed by atoms with Crippen molar-refractivity contribution < 1.29 is 27.5 Å². The molecule has 0 bridgehead atoms. The first-order valence-electron chi connectivity index (χ1n) is 10.1. The zero-order valence-corrected chi connectivity index (χ0v) is 18.7. The molecule has 1 unspecified atom stereocenters. The van der Waals surface area contributed by atoms with Gasteiger partial charge in [-0.1, -0.05) is 42.5 Å². The van der Waals surface area contributed by atoms with Crippen molar-refractivity contribution in [2.45, 2.75) is 17.9 Å². The van der Waals surface area contributed by atoms with Crippen molar-refractivity contribution in [2.75, 3.05) is 6.26 Å². The number of oxazole rings is 1. The normalized spacial score (nSPS) is 12.3. The average molecular weight is 464 g/mol. The largest absolute Gasteiger partial charge is 0.481 e.